The Kier molecular flexibility index (Phi) is 6.86. The fourth-order valence-electron chi connectivity index (χ4n) is 1.51. The van der Waals surface area contributed by atoms with Crippen molar-refractivity contribution in [2.24, 2.45) is 5.14 Å². The molecule has 1 rings (SSSR count). The summed E-state index contributed by atoms with van der Waals surface area (Å²) in [6, 6.07) is 3.28. The van der Waals surface area contributed by atoms with Gasteiger partial charge in [0.1, 0.15) is 11.5 Å². The Morgan fingerprint density at radius 1 is 1.38 bits per heavy atom. The third-order valence-electron chi connectivity index (χ3n) is 2.51. The van der Waals surface area contributed by atoms with E-state index in [1.165, 1.54) is 0 Å². The Morgan fingerprint density at radius 3 is 2.71 bits per heavy atom. The standard InChI is InChI=1S/C12H19ClN4O3S/c1-2-6-15-10-5-4-9(13)11(17-10)12(18)16-7-3-8-21(14,19)20/h4-5H,2-3,6-8H2,1H3,(H,15,17)(H,16,18)(H2,14,19,20). The van der Waals surface area contributed by atoms with Crippen LogP contribution in [0.25, 0.3) is 0 Å². The summed E-state index contributed by atoms with van der Waals surface area (Å²) < 4.78 is 21.5. The van der Waals surface area contributed by atoms with Gasteiger partial charge in [-0.15, -0.1) is 0 Å². The van der Waals surface area contributed by atoms with Crippen molar-refractivity contribution >= 4 is 33.3 Å². The van der Waals surface area contributed by atoms with Gasteiger partial charge in [-0.1, -0.05) is 18.5 Å². The number of nitrogens with zero attached hydrogens (tertiary/aromatic N) is 1. The highest BCUT2D eigenvalue weighted by Gasteiger charge is 2.13. The quantitative estimate of drug-likeness (QED) is 0.613. The second-order valence-corrected chi connectivity index (χ2v) is 6.57. The van der Waals surface area contributed by atoms with Crippen LogP contribution in [0.4, 0.5) is 5.82 Å². The number of sulfonamides is 1. The Hall–Kier alpha value is -1.38. The second-order valence-electron chi connectivity index (χ2n) is 4.43. The van der Waals surface area contributed by atoms with E-state index in [0.29, 0.717) is 5.82 Å². The zero-order valence-corrected chi connectivity index (χ0v) is 13.3. The average molecular weight is 335 g/mol. The van der Waals surface area contributed by atoms with E-state index in [1.807, 2.05) is 6.92 Å². The molecule has 4 N–H and O–H groups in total. The molecule has 0 saturated carbocycles. The number of halogens is 1. The highest BCUT2D eigenvalue weighted by molar-refractivity contribution is 7.89. The molecule has 1 aromatic rings. The number of nitrogens with one attached hydrogen (secondary N) is 2. The van der Waals surface area contributed by atoms with E-state index in [2.05, 4.69) is 15.6 Å². The number of aromatic nitrogens is 1. The fraction of sp³-hybridized carbons (Fsp3) is 0.500. The van der Waals surface area contributed by atoms with Gasteiger partial charge in [0.15, 0.2) is 0 Å². The van der Waals surface area contributed by atoms with Gasteiger partial charge in [0.25, 0.3) is 5.91 Å². The first-order valence-electron chi connectivity index (χ1n) is 6.52. The second kappa shape index (κ2) is 8.16. The number of nitrogens with two attached hydrogens (primary N) is 1. The Balaban J connectivity index is 2.60. The van der Waals surface area contributed by atoms with Gasteiger partial charge in [0.05, 0.1) is 10.8 Å². The lowest BCUT2D eigenvalue weighted by Crippen LogP contribution is -2.28. The molecule has 0 saturated heterocycles. The molecule has 1 heterocycles. The first-order valence-corrected chi connectivity index (χ1v) is 8.62. The lowest BCUT2D eigenvalue weighted by atomic mass is 10.3. The van der Waals surface area contributed by atoms with Gasteiger partial charge in [-0.05, 0) is 25.0 Å². The van der Waals surface area contributed by atoms with Crippen molar-refractivity contribution in [3.63, 3.8) is 0 Å². The monoisotopic (exact) mass is 334 g/mol. The van der Waals surface area contributed by atoms with Crippen LogP contribution >= 0.6 is 11.6 Å². The van der Waals surface area contributed by atoms with Gasteiger partial charge in [-0.3, -0.25) is 4.79 Å². The summed E-state index contributed by atoms with van der Waals surface area (Å²) in [6.45, 7) is 2.94. The molecule has 0 fully saturated rings. The van der Waals surface area contributed by atoms with E-state index < -0.39 is 15.9 Å². The number of carbonyl (C=O) groups excluding carboxylic acids is 1. The average Bonchev–Trinajstić information content (AvgIpc) is 2.41. The molecule has 21 heavy (non-hydrogen) atoms. The van der Waals surface area contributed by atoms with E-state index in [1.54, 1.807) is 12.1 Å². The van der Waals surface area contributed by atoms with Crippen molar-refractivity contribution in [3.8, 4) is 0 Å². The van der Waals surface area contributed by atoms with Crippen LogP contribution in [0.2, 0.25) is 5.02 Å². The highest BCUT2D eigenvalue weighted by Crippen LogP contribution is 2.16. The molecule has 0 radical (unpaired) electrons. The summed E-state index contributed by atoms with van der Waals surface area (Å²) in [4.78, 5) is 16.1. The van der Waals surface area contributed by atoms with Crippen LogP contribution in [0.5, 0.6) is 0 Å². The molecule has 1 aromatic heterocycles. The van der Waals surface area contributed by atoms with E-state index >= 15 is 0 Å². The number of carbonyl (C=O) groups is 1. The molecule has 0 aliphatic carbocycles. The van der Waals surface area contributed by atoms with Crippen molar-refractivity contribution in [1.82, 2.24) is 10.3 Å². The van der Waals surface area contributed by atoms with Crippen molar-refractivity contribution in [2.75, 3.05) is 24.2 Å². The molecule has 0 atom stereocenters. The predicted molar refractivity (Wildman–Crippen MR) is 83.0 cm³/mol. The van der Waals surface area contributed by atoms with Gasteiger partial charge in [-0.2, -0.15) is 0 Å². The first kappa shape index (κ1) is 17.7. The number of amides is 1. The number of hydrogen-bond acceptors (Lipinski definition) is 5. The molecule has 7 nitrogen and oxygen atoms in total. The first-order chi connectivity index (χ1) is 9.83. The van der Waals surface area contributed by atoms with E-state index in [-0.39, 0.29) is 29.4 Å². The summed E-state index contributed by atoms with van der Waals surface area (Å²) >= 11 is 5.94. The lowest BCUT2D eigenvalue weighted by molar-refractivity contribution is 0.0949. The number of pyridine rings is 1. The zero-order chi connectivity index (χ0) is 15.9. The third-order valence-corrected chi connectivity index (χ3v) is 3.67. The number of rotatable bonds is 8. The Labute approximate surface area is 129 Å². The molecule has 0 aliphatic rings. The van der Waals surface area contributed by atoms with Crippen LogP contribution in [0.1, 0.15) is 30.3 Å². The molecule has 118 valence electrons. The Bertz CT molecular complexity index is 592. The summed E-state index contributed by atoms with van der Waals surface area (Å²) in [5.41, 5.74) is 0.105. The summed E-state index contributed by atoms with van der Waals surface area (Å²) in [6.07, 6.45) is 1.16. The number of anilines is 1. The van der Waals surface area contributed by atoms with Crippen LogP contribution in [0, 0.1) is 0 Å². The molecular formula is C12H19ClN4O3S. The summed E-state index contributed by atoms with van der Waals surface area (Å²) in [7, 11) is -3.51. The third kappa shape index (κ3) is 6.74. The van der Waals surface area contributed by atoms with Crippen molar-refractivity contribution < 1.29 is 13.2 Å². The summed E-state index contributed by atoms with van der Waals surface area (Å²) in [5, 5.41) is 10.7. The van der Waals surface area contributed by atoms with Gasteiger partial charge < -0.3 is 10.6 Å². The van der Waals surface area contributed by atoms with Crippen molar-refractivity contribution in [1.29, 1.82) is 0 Å². The van der Waals surface area contributed by atoms with E-state index in [4.69, 9.17) is 16.7 Å². The zero-order valence-electron chi connectivity index (χ0n) is 11.7. The number of primary sulfonamides is 1. The molecule has 0 bridgehead atoms. The molecule has 0 spiro atoms. The SMILES string of the molecule is CCCNc1ccc(Cl)c(C(=O)NCCCS(N)(=O)=O)n1. The molecular weight excluding hydrogens is 316 g/mol. The molecule has 9 heteroatoms. The predicted octanol–water partition coefficient (Wildman–Crippen LogP) is 0.965. The maximum atomic E-state index is 11.9. The maximum Gasteiger partial charge on any atom is 0.271 e. The molecule has 1 amide bonds. The largest absolute Gasteiger partial charge is 0.370 e. The van der Waals surface area contributed by atoms with Crippen LogP contribution < -0.4 is 15.8 Å². The minimum Gasteiger partial charge on any atom is -0.370 e. The van der Waals surface area contributed by atoms with E-state index in [0.717, 1.165) is 13.0 Å². The van der Waals surface area contributed by atoms with Crippen molar-refractivity contribution in [2.45, 2.75) is 19.8 Å². The molecule has 0 unspecified atom stereocenters. The van der Waals surface area contributed by atoms with E-state index in [9.17, 15) is 13.2 Å². The topological polar surface area (TPSA) is 114 Å². The molecule has 0 aliphatic heterocycles. The maximum absolute atomic E-state index is 11.9. The van der Waals surface area contributed by atoms with Gasteiger partial charge >= 0.3 is 0 Å². The minimum absolute atomic E-state index is 0.105. The highest BCUT2D eigenvalue weighted by atomic mass is 35.5. The smallest absolute Gasteiger partial charge is 0.271 e. The van der Waals surface area contributed by atoms with Crippen LogP contribution in [0.15, 0.2) is 12.1 Å². The lowest BCUT2D eigenvalue weighted by Gasteiger charge is -2.09. The van der Waals surface area contributed by atoms with Crippen molar-refractivity contribution in [3.05, 3.63) is 22.8 Å². The fourth-order valence-corrected chi connectivity index (χ4v) is 2.25. The Morgan fingerprint density at radius 2 is 2.10 bits per heavy atom. The number of hydrogen-bond donors (Lipinski definition) is 3. The van der Waals surface area contributed by atoms with Gasteiger partial charge in [0, 0.05) is 13.1 Å². The van der Waals surface area contributed by atoms with Crippen LogP contribution in [-0.2, 0) is 10.0 Å². The van der Waals surface area contributed by atoms with Crippen LogP contribution in [0.3, 0.4) is 0 Å². The minimum atomic E-state index is -3.51. The summed E-state index contributed by atoms with van der Waals surface area (Å²) in [5.74, 6) is -0.0718. The van der Waals surface area contributed by atoms with Gasteiger partial charge in [-0.25, -0.2) is 18.5 Å². The normalized spacial score (nSPS) is 11.2. The van der Waals surface area contributed by atoms with Gasteiger partial charge in [0.2, 0.25) is 10.0 Å². The molecule has 0 aromatic carbocycles. The van der Waals surface area contributed by atoms with Crippen LogP contribution in [-0.4, -0.2) is 38.2 Å².